The third-order valence-electron chi connectivity index (χ3n) is 5.40. The molecule has 1 saturated heterocycles. The second kappa shape index (κ2) is 10.4. The van der Waals surface area contributed by atoms with E-state index in [1.54, 1.807) is 24.3 Å². The molecule has 2 aromatic carbocycles. The van der Waals surface area contributed by atoms with Gasteiger partial charge in [0.1, 0.15) is 5.75 Å². The smallest absolute Gasteiger partial charge is 0.262 e. The number of amides is 1. The third-order valence-corrected chi connectivity index (χ3v) is 5.40. The molecule has 3 aromatic rings. The van der Waals surface area contributed by atoms with Gasteiger partial charge in [-0.25, -0.2) is 0 Å². The van der Waals surface area contributed by atoms with Gasteiger partial charge in [0.05, 0.1) is 17.3 Å². The summed E-state index contributed by atoms with van der Waals surface area (Å²) in [4.78, 5) is 14.5. The molecule has 0 bridgehead atoms. The van der Waals surface area contributed by atoms with Gasteiger partial charge in [-0.3, -0.25) is 4.79 Å². The number of nitrogens with zero attached hydrogens (tertiary/aromatic N) is 4. The molecule has 1 aliphatic rings. The molecule has 1 aromatic heterocycles. The summed E-state index contributed by atoms with van der Waals surface area (Å²) in [6.45, 7) is 1.96. The van der Waals surface area contributed by atoms with Gasteiger partial charge in [-0.2, -0.15) is 5.26 Å². The highest BCUT2D eigenvalue weighted by molar-refractivity contribution is 5.92. The van der Waals surface area contributed by atoms with Crippen LogP contribution in [-0.4, -0.2) is 35.8 Å². The van der Waals surface area contributed by atoms with Gasteiger partial charge in [0.25, 0.3) is 5.91 Å². The van der Waals surface area contributed by atoms with Gasteiger partial charge >= 0.3 is 0 Å². The number of aromatic nitrogens is 2. The first kappa shape index (κ1) is 21.3. The van der Waals surface area contributed by atoms with Crippen LogP contribution in [0.4, 0.5) is 11.5 Å². The molecule has 0 unspecified atom stereocenters. The zero-order valence-electron chi connectivity index (χ0n) is 17.8. The van der Waals surface area contributed by atoms with Crippen LogP contribution in [0.5, 0.6) is 5.75 Å². The maximum absolute atomic E-state index is 12.2. The summed E-state index contributed by atoms with van der Waals surface area (Å²) >= 11 is 0. The summed E-state index contributed by atoms with van der Waals surface area (Å²) < 4.78 is 5.46. The highest BCUT2D eigenvalue weighted by atomic mass is 16.5. The average molecular weight is 428 g/mol. The van der Waals surface area contributed by atoms with E-state index in [-0.39, 0.29) is 12.5 Å². The van der Waals surface area contributed by atoms with Gasteiger partial charge in [0, 0.05) is 24.3 Å². The predicted octanol–water partition coefficient (Wildman–Crippen LogP) is 4.41. The molecule has 1 amide bonds. The fourth-order valence-electron chi connectivity index (χ4n) is 3.64. The summed E-state index contributed by atoms with van der Waals surface area (Å²) in [5.74, 6) is 1.21. The molecular weight excluding hydrogens is 402 g/mol. The molecule has 32 heavy (non-hydrogen) atoms. The molecule has 7 nitrogen and oxygen atoms in total. The molecule has 7 heteroatoms. The van der Waals surface area contributed by atoms with E-state index < -0.39 is 0 Å². The minimum Gasteiger partial charge on any atom is -0.484 e. The Morgan fingerprint density at radius 1 is 0.938 bits per heavy atom. The van der Waals surface area contributed by atoms with Crippen LogP contribution in [0.1, 0.15) is 31.2 Å². The van der Waals surface area contributed by atoms with Crippen LogP contribution in [0, 0.1) is 11.3 Å². The highest BCUT2D eigenvalue weighted by Crippen LogP contribution is 2.22. The number of ether oxygens (including phenoxy) is 1. The summed E-state index contributed by atoms with van der Waals surface area (Å²) in [5, 5.41) is 20.5. The molecule has 0 saturated carbocycles. The van der Waals surface area contributed by atoms with Crippen LogP contribution in [0.15, 0.2) is 60.7 Å². The molecular formula is C25H25N5O2. The molecule has 162 valence electrons. The molecule has 0 atom stereocenters. The first-order valence-corrected chi connectivity index (χ1v) is 10.8. The predicted molar refractivity (Wildman–Crippen MR) is 123 cm³/mol. The van der Waals surface area contributed by atoms with Crippen LogP contribution in [0.25, 0.3) is 11.3 Å². The SMILES string of the molecule is N#Cc1ccc(OCC(=O)Nc2ccc(-c3ccc(N4CCCCCC4)nn3)cc2)cc1. The van der Waals surface area contributed by atoms with E-state index in [0.717, 1.165) is 30.2 Å². The van der Waals surface area contributed by atoms with Crippen molar-refractivity contribution in [2.75, 3.05) is 29.9 Å². The van der Waals surface area contributed by atoms with Crippen molar-refractivity contribution in [1.82, 2.24) is 10.2 Å². The first-order chi connectivity index (χ1) is 15.7. The van der Waals surface area contributed by atoms with Crippen LogP contribution in [0.2, 0.25) is 0 Å². The summed E-state index contributed by atoms with van der Waals surface area (Å²) in [6.07, 6.45) is 4.98. The van der Waals surface area contributed by atoms with E-state index in [1.807, 2.05) is 42.5 Å². The number of nitriles is 1. The number of hydrogen-bond donors (Lipinski definition) is 1. The number of anilines is 2. The number of rotatable bonds is 6. The lowest BCUT2D eigenvalue weighted by atomic mass is 10.1. The van der Waals surface area contributed by atoms with E-state index in [0.29, 0.717) is 17.0 Å². The molecule has 0 aliphatic carbocycles. The number of hydrogen-bond acceptors (Lipinski definition) is 6. The molecule has 0 spiro atoms. The van der Waals surface area contributed by atoms with E-state index >= 15 is 0 Å². The average Bonchev–Trinajstić information content (AvgIpc) is 3.13. The van der Waals surface area contributed by atoms with Crippen molar-refractivity contribution in [3.63, 3.8) is 0 Å². The topological polar surface area (TPSA) is 91.1 Å². The largest absolute Gasteiger partial charge is 0.484 e. The van der Waals surface area contributed by atoms with Crippen LogP contribution >= 0.6 is 0 Å². The Morgan fingerprint density at radius 2 is 1.66 bits per heavy atom. The monoisotopic (exact) mass is 427 g/mol. The summed E-state index contributed by atoms with van der Waals surface area (Å²) in [5.41, 5.74) is 2.96. The van der Waals surface area contributed by atoms with Crippen molar-refractivity contribution < 1.29 is 9.53 Å². The van der Waals surface area contributed by atoms with E-state index in [1.165, 1.54) is 25.7 Å². The van der Waals surface area contributed by atoms with Gasteiger partial charge in [-0.05, 0) is 61.4 Å². The lowest BCUT2D eigenvalue weighted by Crippen LogP contribution is -2.25. The molecule has 2 heterocycles. The number of carbonyl (C=O) groups is 1. The van der Waals surface area contributed by atoms with Gasteiger partial charge in [-0.1, -0.05) is 25.0 Å². The number of benzene rings is 2. The number of nitrogens with one attached hydrogen (secondary N) is 1. The maximum Gasteiger partial charge on any atom is 0.262 e. The highest BCUT2D eigenvalue weighted by Gasteiger charge is 2.12. The van der Waals surface area contributed by atoms with Crippen molar-refractivity contribution in [3.05, 3.63) is 66.2 Å². The lowest BCUT2D eigenvalue weighted by molar-refractivity contribution is -0.118. The minimum atomic E-state index is -0.260. The summed E-state index contributed by atoms with van der Waals surface area (Å²) in [7, 11) is 0. The normalized spacial score (nSPS) is 13.7. The zero-order valence-corrected chi connectivity index (χ0v) is 17.8. The molecule has 0 radical (unpaired) electrons. The van der Waals surface area contributed by atoms with E-state index in [2.05, 4.69) is 20.4 Å². The van der Waals surface area contributed by atoms with Crippen molar-refractivity contribution in [3.8, 4) is 23.1 Å². The fraction of sp³-hybridized carbons (Fsp3) is 0.280. The zero-order chi connectivity index (χ0) is 22.2. The maximum atomic E-state index is 12.2. The molecule has 1 N–H and O–H groups in total. The van der Waals surface area contributed by atoms with Crippen LogP contribution < -0.4 is 15.0 Å². The quantitative estimate of drug-likeness (QED) is 0.626. The van der Waals surface area contributed by atoms with Gasteiger partial charge in [0.2, 0.25) is 0 Å². The molecule has 1 aliphatic heterocycles. The van der Waals surface area contributed by atoms with E-state index in [4.69, 9.17) is 10.00 Å². The lowest BCUT2D eigenvalue weighted by Gasteiger charge is -2.20. The Bertz CT molecular complexity index is 1070. The van der Waals surface area contributed by atoms with Gasteiger partial charge < -0.3 is 15.0 Å². The number of carbonyl (C=O) groups excluding carboxylic acids is 1. The van der Waals surface area contributed by atoms with Crippen molar-refractivity contribution in [2.45, 2.75) is 25.7 Å². The second-order valence-corrected chi connectivity index (χ2v) is 7.73. The van der Waals surface area contributed by atoms with Crippen LogP contribution in [-0.2, 0) is 4.79 Å². The Kier molecular flexibility index (Phi) is 6.93. The first-order valence-electron chi connectivity index (χ1n) is 10.8. The Hall–Kier alpha value is -3.92. The van der Waals surface area contributed by atoms with Crippen molar-refractivity contribution >= 4 is 17.4 Å². The third kappa shape index (κ3) is 5.61. The van der Waals surface area contributed by atoms with Crippen molar-refractivity contribution in [1.29, 1.82) is 5.26 Å². The van der Waals surface area contributed by atoms with Gasteiger partial charge in [0.15, 0.2) is 12.4 Å². The van der Waals surface area contributed by atoms with Crippen molar-refractivity contribution in [2.24, 2.45) is 0 Å². The Labute approximate surface area is 187 Å². The molecule has 4 rings (SSSR count). The Balaban J connectivity index is 1.31. The second-order valence-electron chi connectivity index (χ2n) is 7.73. The van der Waals surface area contributed by atoms with Crippen LogP contribution in [0.3, 0.4) is 0 Å². The minimum absolute atomic E-state index is 0.114. The standard InChI is InChI=1S/C25H25N5O2/c26-17-19-5-11-22(12-6-19)32-18-25(31)27-21-9-7-20(8-10-21)23-13-14-24(29-28-23)30-15-3-1-2-4-16-30/h5-14H,1-4,15-16,18H2,(H,27,31). The molecule has 1 fully saturated rings. The summed E-state index contributed by atoms with van der Waals surface area (Å²) in [6, 6.07) is 20.2. The Morgan fingerprint density at radius 3 is 2.28 bits per heavy atom. The van der Waals surface area contributed by atoms with E-state index in [9.17, 15) is 4.79 Å². The fourth-order valence-corrected chi connectivity index (χ4v) is 3.64. The van der Waals surface area contributed by atoms with Gasteiger partial charge in [-0.15, -0.1) is 10.2 Å².